The Hall–Kier alpha value is -2.62. The Bertz CT molecular complexity index is 771. The fourth-order valence-corrected chi connectivity index (χ4v) is 3.63. The lowest BCUT2D eigenvalue weighted by Gasteiger charge is -2.28. The average molecular weight is 293 g/mol. The molecule has 0 bridgehead atoms. The van der Waals surface area contributed by atoms with E-state index in [-0.39, 0.29) is 24.2 Å². The second kappa shape index (κ2) is 4.44. The summed E-state index contributed by atoms with van der Waals surface area (Å²) in [6.07, 6.45) is 0.220. The molecule has 0 aromatic heterocycles. The lowest BCUT2D eigenvalue weighted by Crippen LogP contribution is -2.42. The van der Waals surface area contributed by atoms with Crippen molar-refractivity contribution in [1.82, 2.24) is 0 Å². The summed E-state index contributed by atoms with van der Waals surface area (Å²) in [5, 5.41) is 0. The first-order valence-corrected chi connectivity index (χ1v) is 7.29. The number of fused-ring (bicyclic) bond motifs is 2. The van der Waals surface area contributed by atoms with Gasteiger partial charge in [0.25, 0.3) is 5.91 Å². The average Bonchev–Trinajstić information content (AvgIpc) is 3.01. The van der Waals surface area contributed by atoms with Gasteiger partial charge in [0.1, 0.15) is 0 Å². The first kappa shape index (κ1) is 13.1. The van der Waals surface area contributed by atoms with Gasteiger partial charge in [0, 0.05) is 18.5 Å². The Morgan fingerprint density at radius 3 is 2.50 bits per heavy atom. The number of carbonyl (C=O) groups is 2. The van der Waals surface area contributed by atoms with Crippen molar-refractivity contribution < 1.29 is 14.3 Å². The smallest absolute Gasteiger partial charge is 0.308 e. The first-order valence-electron chi connectivity index (χ1n) is 7.29. The Kier molecular flexibility index (Phi) is 2.64. The number of ether oxygens (including phenoxy) is 1. The molecule has 2 aliphatic rings. The molecule has 4 heteroatoms. The van der Waals surface area contributed by atoms with Crippen molar-refractivity contribution >= 4 is 17.6 Å². The van der Waals surface area contributed by atoms with Crippen LogP contribution in [0.15, 0.2) is 54.6 Å². The van der Waals surface area contributed by atoms with Crippen LogP contribution in [0, 0.1) is 0 Å². The van der Waals surface area contributed by atoms with Gasteiger partial charge in [-0.15, -0.1) is 0 Å². The molecule has 2 atom stereocenters. The highest BCUT2D eigenvalue weighted by Crippen LogP contribution is 2.54. The molecule has 0 saturated carbocycles. The van der Waals surface area contributed by atoms with Crippen LogP contribution in [0.2, 0.25) is 0 Å². The molecule has 4 nitrogen and oxygen atoms in total. The van der Waals surface area contributed by atoms with Crippen LogP contribution in [0.1, 0.15) is 23.5 Å². The zero-order valence-corrected chi connectivity index (χ0v) is 12.2. The van der Waals surface area contributed by atoms with Crippen LogP contribution >= 0.6 is 0 Å². The Morgan fingerprint density at radius 2 is 1.73 bits per heavy atom. The van der Waals surface area contributed by atoms with Crippen molar-refractivity contribution in [1.29, 1.82) is 0 Å². The molecular weight excluding hydrogens is 278 g/mol. The van der Waals surface area contributed by atoms with Crippen molar-refractivity contribution in [2.75, 3.05) is 11.9 Å². The van der Waals surface area contributed by atoms with Crippen molar-refractivity contribution in [3.8, 4) is 0 Å². The number of hydrogen-bond acceptors (Lipinski definition) is 3. The van der Waals surface area contributed by atoms with Gasteiger partial charge in [0.05, 0.1) is 12.1 Å². The highest BCUT2D eigenvalue weighted by molar-refractivity contribution is 6.09. The maximum atomic E-state index is 13.0. The molecule has 1 saturated heterocycles. The molecule has 1 fully saturated rings. The van der Waals surface area contributed by atoms with Crippen molar-refractivity contribution in [3.05, 3.63) is 65.7 Å². The van der Waals surface area contributed by atoms with Crippen LogP contribution in [0.4, 0.5) is 5.69 Å². The summed E-state index contributed by atoms with van der Waals surface area (Å²) >= 11 is 0. The zero-order valence-electron chi connectivity index (χ0n) is 12.2. The summed E-state index contributed by atoms with van der Waals surface area (Å²) in [6, 6.07) is 17.2. The minimum atomic E-state index is -1.22. The second-order valence-electron chi connectivity index (χ2n) is 5.76. The Balaban J connectivity index is 1.95. The number of anilines is 1. The van der Waals surface area contributed by atoms with Crippen LogP contribution in [-0.2, 0) is 19.9 Å². The molecular formula is C18H15NO3. The van der Waals surface area contributed by atoms with Gasteiger partial charge in [0.2, 0.25) is 5.60 Å². The first-order chi connectivity index (χ1) is 10.6. The quantitative estimate of drug-likeness (QED) is 0.759. The summed E-state index contributed by atoms with van der Waals surface area (Å²) in [5.41, 5.74) is 1.32. The molecule has 4 rings (SSSR count). The second-order valence-corrected chi connectivity index (χ2v) is 5.76. The standard InChI is InChI=1S/C18H15NO3/c1-19-15-10-6-5-9-13(15)18(17(19)21)14(11-16(20)22-18)12-7-3-2-4-8-12/h2-10,14H,11H2,1H3. The van der Waals surface area contributed by atoms with E-state index < -0.39 is 5.60 Å². The fraction of sp³-hybridized carbons (Fsp3) is 0.222. The summed E-state index contributed by atoms with van der Waals surface area (Å²) < 4.78 is 5.66. The molecule has 2 aliphatic heterocycles. The maximum Gasteiger partial charge on any atom is 0.308 e. The van der Waals surface area contributed by atoms with Crippen molar-refractivity contribution in [3.63, 3.8) is 0 Å². The van der Waals surface area contributed by atoms with E-state index in [0.29, 0.717) is 0 Å². The number of amides is 1. The van der Waals surface area contributed by atoms with Crippen molar-refractivity contribution in [2.24, 2.45) is 0 Å². The van der Waals surface area contributed by atoms with Gasteiger partial charge in [-0.1, -0.05) is 48.5 Å². The van der Waals surface area contributed by atoms with Crippen LogP contribution in [0.25, 0.3) is 0 Å². The predicted molar refractivity (Wildman–Crippen MR) is 81.4 cm³/mol. The minimum Gasteiger partial charge on any atom is -0.443 e. The zero-order chi connectivity index (χ0) is 15.3. The largest absolute Gasteiger partial charge is 0.443 e. The van der Waals surface area contributed by atoms with Gasteiger partial charge < -0.3 is 9.64 Å². The fourth-order valence-electron chi connectivity index (χ4n) is 3.63. The van der Waals surface area contributed by atoms with E-state index >= 15 is 0 Å². The van der Waals surface area contributed by atoms with Crippen LogP contribution < -0.4 is 4.90 Å². The van der Waals surface area contributed by atoms with Gasteiger partial charge >= 0.3 is 5.97 Å². The summed E-state index contributed by atoms with van der Waals surface area (Å²) in [5.74, 6) is -0.791. The van der Waals surface area contributed by atoms with E-state index in [1.54, 1.807) is 11.9 Å². The topological polar surface area (TPSA) is 46.6 Å². The highest BCUT2D eigenvalue weighted by atomic mass is 16.6. The maximum absolute atomic E-state index is 13.0. The number of nitrogens with zero attached hydrogens (tertiary/aromatic N) is 1. The molecule has 0 radical (unpaired) electrons. The van der Waals surface area contributed by atoms with Gasteiger partial charge in [-0.2, -0.15) is 0 Å². The Labute approximate surface area is 128 Å². The molecule has 1 amide bonds. The van der Waals surface area contributed by atoms with Gasteiger partial charge in [0.15, 0.2) is 0 Å². The van der Waals surface area contributed by atoms with Crippen LogP contribution in [-0.4, -0.2) is 18.9 Å². The molecule has 110 valence electrons. The minimum absolute atomic E-state index is 0.173. The number of benzene rings is 2. The van der Waals surface area contributed by atoms with E-state index in [1.165, 1.54) is 0 Å². The monoisotopic (exact) mass is 293 g/mol. The van der Waals surface area contributed by atoms with Gasteiger partial charge in [-0.25, -0.2) is 0 Å². The third-order valence-corrected chi connectivity index (χ3v) is 4.63. The van der Waals surface area contributed by atoms with E-state index in [2.05, 4.69) is 0 Å². The number of hydrogen-bond donors (Lipinski definition) is 0. The van der Waals surface area contributed by atoms with E-state index in [9.17, 15) is 9.59 Å². The predicted octanol–water partition coefficient (Wildman–Crippen LogP) is 2.59. The lowest BCUT2D eigenvalue weighted by atomic mass is 9.78. The van der Waals surface area contributed by atoms with Crippen LogP contribution in [0.3, 0.4) is 0 Å². The SMILES string of the molecule is CN1C(=O)C2(OC(=O)CC2c2ccccc2)c2ccccc21. The number of carbonyl (C=O) groups excluding carboxylic acids is 2. The number of esters is 1. The van der Waals surface area contributed by atoms with E-state index in [1.807, 2.05) is 54.6 Å². The Morgan fingerprint density at radius 1 is 1.05 bits per heavy atom. The molecule has 2 heterocycles. The summed E-state index contributed by atoms with van der Waals surface area (Å²) in [7, 11) is 1.73. The lowest BCUT2D eigenvalue weighted by molar-refractivity contribution is -0.157. The third kappa shape index (κ3) is 1.52. The number of likely N-dealkylation sites (N-methyl/N-ethyl adjacent to an activating group) is 1. The highest BCUT2D eigenvalue weighted by Gasteiger charge is 2.62. The van der Waals surface area contributed by atoms with Gasteiger partial charge in [-0.3, -0.25) is 9.59 Å². The third-order valence-electron chi connectivity index (χ3n) is 4.63. The molecule has 22 heavy (non-hydrogen) atoms. The molecule has 2 unspecified atom stereocenters. The molecule has 1 spiro atoms. The normalized spacial score (nSPS) is 26.4. The van der Waals surface area contributed by atoms with Crippen LogP contribution in [0.5, 0.6) is 0 Å². The molecule has 2 aromatic carbocycles. The van der Waals surface area contributed by atoms with E-state index in [4.69, 9.17) is 4.74 Å². The van der Waals surface area contributed by atoms with Crippen molar-refractivity contribution in [2.45, 2.75) is 17.9 Å². The van der Waals surface area contributed by atoms with Gasteiger partial charge in [-0.05, 0) is 11.6 Å². The summed E-state index contributed by atoms with van der Waals surface area (Å²) in [6.45, 7) is 0. The van der Waals surface area contributed by atoms with E-state index in [0.717, 1.165) is 16.8 Å². The number of para-hydroxylation sites is 1. The molecule has 2 aromatic rings. The summed E-state index contributed by atoms with van der Waals surface area (Å²) in [4.78, 5) is 26.6. The molecule has 0 N–H and O–H groups in total. The number of rotatable bonds is 1. The molecule has 0 aliphatic carbocycles.